The Morgan fingerprint density at radius 2 is 1.84 bits per heavy atom. The lowest BCUT2D eigenvalue weighted by atomic mass is 10.1. The summed E-state index contributed by atoms with van der Waals surface area (Å²) in [4.78, 5) is 29.6. The molecule has 0 saturated heterocycles. The molecule has 1 unspecified atom stereocenters. The number of Topliss-reactive ketones (excluding diaryl/α,β-unsaturated/α-hetero) is 1. The van der Waals surface area contributed by atoms with Gasteiger partial charge in [0.15, 0.2) is 12.3 Å². The zero-order valence-corrected chi connectivity index (χ0v) is 15.0. The molecular weight excluding hydrogens is 334 g/mol. The predicted octanol–water partition coefficient (Wildman–Crippen LogP) is 2.15. The van der Waals surface area contributed by atoms with E-state index in [1.807, 2.05) is 25.2 Å². The summed E-state index contributed by atoms with van der Waals surface area (Å²) in [6, 6.07) is 15.1. The van der Waals surface area contributed by atoms with Gasteiger partial charge in [-0.1, -0.05) is 24.3 Å². The molecule has 0 aliphatic carbocycles. The second kappa shape index (κ2) is 7.55. The van der Waals surface area contributed by atoms with Crippen LogP contribution in [0.1, 0.15) is 22.3 Å². The van der Waals surface area contributed by atoms with Crippen LogP contribution in [-0.4, -0.2) is 30.3 Å². The number of ketones is 1. The van der Waals surface area contributed by atoms with E-state index in [2.05, 4.69) is 16.4 Å². The van der Waals surface area contributed by atoms with Crippen molar-refractivity contribution < 1.29 is 14.5 Å². The molecule has 3 rings (SSSR count). The number of hydrogen-bond donors (Lipinski definition) is 2. The average Bonchev–Trinajstić information content (AvgIpc) is 2.96. The third-order valence-electron chi connectivity index (χ3n) is 3.83. The smallest absolute Gasteiger partial charge is 0.279 e. The number of quaternary nitrogens is 1. The molecule has 2 aromatic carbocycles. The molecule has 1 heterocycles. The topological polar surface area (TPSA) is 63.5 Å². The number of carbonyl (C=O) groups excluding carboxylic acids is 2. The third kappa shape index (κ3) is 4.29. The highest BCUT2D eigenvalue weighted by atomic mass is 32.1. The first-order valence-corrected chi connectivity index (χ1v) is 8.90. The minimum atomic E-state index is -0.118. The van der Waals surface area contributed by atoms with E-state index in [4.69, 9.17) is 0 Å². The van der Waals surface area contributed by atoms with Crippen LogP contribution in [0.4, 0.5) is 5.69 Å². The Morgan fingerprint density at radius 1 is 1.12 bits per heavy atom. The molecule has 1 atom stereocenters. The van der Waals surface area contributed by atoms with Gasteiger partial charge in [0.1, 0.15) is 11.6 Å². The second-order valence-corrected chi connectivity index (χ2v) is 7.15. The summed E-state index contributed by atoms with van der Waals surface area (Å²) in [6.07, 6.45) is 0. The maximum atomic E-state index is 12.3. The molecule has 0 spiro atoms. The number of fused-ring (bicyclic) bond motifs is 1. The summed E-state index contributed by atoms with van der Waals surface area (Å²) in [5.41, 5.74) is 2.09. The first kappa shape index (κ1) is 17.3. The van der Waals surface area contributed by atoms with E-state index in [9.17, 15) is 9.59 Å². The Hall–Kier alpha value is -2.57. The van der Waals surface area contributed by atoms with Crippen molar-refractivity contribution in [2.75, 3.05) is 18.9 Å². The molecule has 0 aliphatic rings. The Balaban J connectivity index is 1.62. The number of nitrogens with zero attached hydrogens (tertiary/aromatic N) is 1. The van der Waals surface area contributed by atoms with Crippen LogP contribution in [0.3, 0.4) is 0 Å². The van der Waals surface area contributed by atoms with Crippen LogP contribution in [-0.2, 0) is 11.3 Å². The Morgan fingerprint density at radius 3 is 2.60 bits per heavy atom. The number of rotatable bonds is 6. The first-order chi connectivity index (χ1) is 12.0. The lowest BCUT2D eigenvalue weighted by molar-refractivity contribution is -0.885. The van der Waals surface area contributed by atoms with E-state index in [0.717, 1.165) is 20.1 Å². The fourth-order valence-corrected chi connectivity index (χ4v) is 3.77. The molecule has 1 aromatic heterocycles. The van der Waals surface area contributed by atoms with Gasteiger partial charge in [0, 0.05) is 5.56 Å². The number of benzene rings is 2. The van der Waals surface area contributed by atoms with Crippen molar-refractivity contribution in [2.45, 2.75) is 13.5 Å². The van der Waals surface area contributed by atoms with Crippen LogP contribution in [0.2, 0.25) is 0 Å². The van der Waals surface area contributed by atoms with Crippen molar-refractivity contribution in [3.63, 3.8) is 0 Å². The number of hydrogen-bond acceptors (Lipinski definition) is 4. The summed E-state index contributed by atoms with van der Waals surface area (Å²) >= 11 is 1.65. The van der Waals surface area contributed by atoms with Gasteiger partial charge < -0.3 is 10.2 Å². The zero-order chi connectivity index (χ0) is 17.8. The molecule has 3 aromatic rings. The number of amides is 1. The van der Waals surface area contributed by atoms with Gasteiger partial charge in [-0.3, -0.25) is 9.59 Å². The minimum Gasteiger partial charge on any atom is -0.324 e. The zero-order valence-electron chi connectivity index (χ0n) is 14.2. The van der Waals surface area contributed by atoms with Crippen molar-refractivity contribution >= 4 is 38.9 Å². The first-order valence-electron chi connectivity index (χ1n) is 8.08. The normalized spacial score (nSPS) is 12.1. The predicted molar refractivity (Wildman–Crippen MR) is 100 cm³/mol. The molecule has 5 nitrogen and oxygen atoms in total. The van der Waals surface area contributed by atoms with E-state index in [1.165, 1.54) is 6.92 Å². The summed E-state index contributed by atoms with van der Waals surface area (Å²) < 4.78 is 1.16. The maximum absolute atomic E-state index is 12.3. The summed E-state index contributed by atoms with van der Waals surface area (Å²) in [5.74, 6) is -0.182. The lowest BCUT2D eigenvalue weighted by Gasteiger charge is -2.13. The quantitative estimate of drug-likeness (QED) is 0.667. The average molecular weight is 354 g/mol. The van der Waals surface area contributed by atoms with Crippen LogP contribution in [0.5, 0.6) is 0 Å². The van der Waals surface area contributed by atoms with E-state index >= 15 is 0 Å². The molecule has 0 bridgehead atoms. The molecular formula is C19H20N3O2S+. The van der Waals surface area contributed by atoms with E-state index in [0.29, 0.717) is 24.3 Å². The lowest BCUT2D eigenvalue weighted by Crippen LogP contribution is -3.08. The van der Waals surface area contributed by atoms with Crippen molar-refractivity contribution in [3.8, 4) is 0 Å². The summed E-state index contributed by atoms with van der Waals surface area (Å²) in [6.45, 7) is 2.48. The highest BCUT2D eigenvalue weighted by Gasteiger charge is 2.15. The molecule has 6 heteroatoms. The van der Waals surface area contributed by atoms with Gasteiger partial charge in [-0.05, 0) is 31.2 Å². The van der Waals surface area contributed by atoms with Gasteiger partial charge in [-0.25, -0.2) is 4.98 Å². The number of likely N-dealkylation sites (N-methyl/N-ethyl adjacent to an activating group) is 1. The van der Waals surface area contributed by atoms with Crippen LogP contribution in [0, 0.1) is 0 Å². The molecule has 2 N–H and O–H groups in total. The van der Waals surface area contributed by atoms with Gasteiger partial charge in [0.05, 0.1) is 23.0 Å². The van der Waals surface area contributed by atoms with Gasteiger partial charge in [-0.15, -0.1) is 11.3 Å². The van der Waals surface area contributed by atoms with Gasteiger partial charge in [0.25, 0.3) is 5.91 Å². The number of aromatic nitrogens is 1. The molecule has 25 heavy (non-hydrogen) atoms. The molecule has 0 saturated carbocycles. The molecule has 0 radical (unpaired) electrons. The number of thiazole rings is 1. The highest BCUT2D eigenvalue weighted by Crippen LogP contribution is 2.20. The molecule has 128 valence electrons. The number of anilines is 1. The van der Waals surface area contributed by atoms with Gasteiger partial charge >= 0.3 is 0 Å². The fourth-order valence-electron chi connectivity index (χ4n) is 2.68. The van der Waals surface area contributed by atoms with Crippen LogP contribution in [0.25, 0.3) is 10.2 Å². The summed E-state index contributed by atoms with van der Waals surface area (Å²) in [5, 5.41) is 3.85. The summed E-state index contributed by atoms with van der Waals surface area (Å²) in [7, 11) is 1.96. The van der Waals surface area contributed by atoms with E-state index in [1.54, 1.807) is 35.6 Å². The Bertz CT molecular complexity index is 887. The second-order valence-electron chi connectivity index (χ2n) is 6.04. The number of carbonyl (C=O) groups is 2. The number of nitrogens with one attached hydrogen (secondary N) is 2. The SMILES string of the molecule is CC(=O)c1ccccc1NC(=O)C[NH+](C)Cc1nc2ccccc2s1. The van der Waals surface area contributed by atoms with E-state index in [-0.39, 0.29) is 11.7 Å². The standard InChI is InChI=1S/C19H19N3O2S/c1-13(23)14-7-3-4-8-15(14)20-18(24)11-22(2)12-19-21-16-9-5-6-10-17(16)25-19/h3-10H,11-12H2,1-2H3,(H,20,24)/p+1. The minimum absolute atomic E-state index is 0.0638. The highest BCUT2D eigenvalue weighted by molar-refractivity contribution is 7.18. The van der Waals surface area contributed by atoms with Gasteiger partial charge in [-0.2, -0.15) is 0 Å². The van der Waals surface area contributed by atoms with Crippen molar-refractivity contribution in [1.29, 1.82) is 0 Å². The Kier molecular flexibility index (Phi) is 5.21. The van der Waals surface area contributed by atoms with Crippen LogP contribution >= 0.6 is 11.3 Å². The monoisotopic (exact) mass is 354 g/mol. The van der Waals surface area contributed by atoms with E-state index < -0.39 is 0 Å². The van der Waals surface area contributed by atoms with Crippen molar-refractivity contribution in [1.82, 2.24) is 4.98 Å². The maximum Gasteiger partial charge on any atom is 0.279 e. The van der Waals surface area contributed by atoms with Crippen LogP contribution < -0.4 is 10.2 Å². The largest absolute Gasteiger partial charge is 0.324 e. The van der Waals surface area contributed by atoms with Crippen molar-refractivity contribution in [3.05, 3.63) is 59.1 Å². The number of para-hydroxylation sites is 2. The van der Waals surface area contributed by atoms with Crippen molar-refractivity contribution in [2.24, 2.45) is 0 Å². The van der Waals surface area contributed by atoms with Crippen LogP contribution in [0.15, 0.2) is 48.5 Å². The third-order valence-corrected chi connectivity index (χ3v) is 4.87. The molecule has 0 fully saturated rings. The molecule has 1 amide bonds. The fraction of sp³-hybridized carbons (Fsp3) is 0.211. The molecule has 0 aliphatic heterocycles. The Labute approximate surface area is 150 Å². The van der Waals surface area contributed by atoms with Gasteiger partial charge in [0.2, 0.25) is 0 Å².